The molecule has 0 saturated heterocycles. The van der Waals surface area contributed by atoms with Crippen LogP contribution in [0.25, 0.3) is 0 Å². The van der Waals surface area contributed by atoms with Crippen molar-refractivity contribution in [2.24, 2.45) is 0 Å². The summed E-state index contributed by atoms with van der Waals surface area (Å²) in [6.45, 7) is 3.05. The summed E-state index contributed by atoms with van der Waals surface area (Å²) in [4.78, 5) is 0. The third kappa shape index (κ3) is 0.736. The van der Waals surface area contributed by atoms with E-state index in [0.717, 1.165) is 6.54 Å². The monoisotopic (exact) mass is 118 g/mol. The van der Waals surface area contributed by atoms with Gasteiger partial charge in [-0.25, -0.2) is 0 Å². The SMILES string of the molecule is [CH]1NCc2ccccc21. The molecule has 0 aromatic heterocycles. The van der Waals surface area contributed by atoms with Crippen molar-refractivity contribution in [2.45, 2.75) is 6.54 Å². The topological polar surface area (TPSA) is 12.0 Å². The van der Waals surface area contributed by atoms with Gasteiger partial charge in [0.1, 0.15) is 0 Å². The molecule has 0 saturated carbocycles. The van der Waals surface area contributed by atoms with Crippen molar-refractivity contribution in [2.75, 3.05) is 0 Å². The number of fused-ring (bicyclic) bond motifs is 1. The summed E-state index contributed by atoms with van der Waals surface area (Å²) >= 11 is 0. The van der Waals surface area contributed by atoms with Crippen LogP contribution in [0.1, 0.15) is 11.1 Å². The molecule has 0 unspecified atom stereocenters. The Morgan fingerprint density at radius 3 is 3.00 bits per heavy atom. The summed E-state index contributed by atoms with van der Waals surface area (Å²) in [5.41, 5.74) is 2.73. The van der Waals surface area contributed by atoms with Gasteiger partial charge in [0.25, 0.3) is 0 Å². The second-order valence-corrected chi connectivity index (χ2v) is 2.22. The summed E-state index contributed by atoms with van der Waals surface area (Å²) in [7, 11) is 0. The van der Waals surface area contributed by atoms with Gasteiger partial charge in [0.05, 0.1) is 6.54 Å². The normalized spacial score (nSPS) is 15.6. The lowest BCUT2D eigenvalue weighted by atomic mass is 10.1. The Balaban J connectivity index is 2.54. The molecule has 1 aromatic carbocycles. The zero-order valence-electron chi connectivity index (χ0n) is 5.09. The predicted molar refractivity (Wildman–Crippen MR) is 36.7 cm³/mol. The van der Waals surface area contributed by atoms with Gasteiger partial charge in [0, 0.05) is 6.54 Å². The molecule has 1 heteroatoms. The lowest BCUT2D eigenvalue weighted by Gasteiger charge is -1.91. The highest BCUT2D eigenvalue weighted by atomic mass is 14.9. The van der Waals surface area contributed by atoms with Gasteiger partial charge < -0.3 is 5.32 Å². The fourth-order valence-corrected chi connectivity index (χ4v) is 1.11. The highest BCUT2D eigenvalue weighted by Gasteiger charge is 2.06. The van der Waals surface area contributed by atoms with E-state index in [1.807, 2.05) is 0 Å². The Kier molecular flexibility index (Phi) is 1.03. The molecule has 1 aromatic rings. The van der Waals surface area contributed by atoms with Crippen LogP contribution < -0.4 is 5.32 Å². The zero-order valence-corrected chi connectivity index (χ0v) is 5.09. The molecule has 9 heavy (non-hydrogen) atoms. The van der Waals surface area contributed by atoms with Crippen LogP contribution in [-0.2, 0) is 6.54 Å². The van der Waals surface area contributed by atoms with E-state index in [-0.39, 0.29) is 0 Å². The lowest BCUT2D eigenvalue weighted by Crippen LogP contribution is -1.97. The Bertz CT molecular complexity index is 195. The highest BCUT2D eigenvalue weighted by Crippen LogP contribution is 2.14. The summed E-state index contributed by atoms with van der Waals surface area (Å²) in [5.74, 6) is 0. The van der Waals surface area contributed by atoms with Crippen LogP contribution in [0.15, 0.2) is 24.3 Å². The first-order chi connectivity index (χ1) is 4.47. The van der Waals surface area contributed by atoms with E-state index in [1.54, 1.807) is 0 Å². The third-order valence-corrected chi connectivity index (χ3v) is 1.61. The van der Waals surface area contributed by atoms with Gasteiger partial charge in [-0.2, -0.15) is 0 Å². The van der Waals surface area contributed by atoms with Gasteiger partial charge in [-0.15, -0.1) is 0 Å². The Labute approximate surface area is 54.7 Å². The maximum atomic E-state index is 3.16. The largest absolute Gasteiger partial charge is 0.304 e. The number of benzene rings is 1. The van der Waals surface area contributed by atoms with Gasteiger partial charge in [0.15, 0.2) is 0 Å². The van der Waals surface area contributed by atoms with Crippen molar-refractivity contribution < 1.29 is 0 Å². The number of hydrogen-bond donors (Lipinski definition) is 1. The molecule has 1 radical (unpaired) electrons. The highest BCUT2D eigenvalue weighted by molar-refractivity contribution is 5.35. The van der Waals surface area contributed by atoms with Crippen LogP contribution in [0.4, 0.5) is 0 Å². The van der Waals surface area contributed by atoms with E-state index in [0.29, 0.717) is 0 Å². The van der Waals surface area contributed by atoms with Gasteiger partial charge in [-0.1, -0.05) is 24.3 Å². The second-order valence-electron chi connectivity index (χ2n) is 2.22. The Morgan fingerprint density at radius 1 is 1.22 bits per heavy atom. The minimum absolute atomic E-state index is 0.996. The van der Waals surface area contributed by atoms with Crippen LogP contribution in [-0.4, -0.2) is 0 Å². The van der Waals surface area contributed by atoms with Crippen LogP contribution in [0.3, 0.4) is 0 Å². The van der Waals surface area contributed by atoms with Crippen LogP contribution in [0, 0.1) is 6.54 Å². The molecule has 45 valence electrons. The minimum Gasteiger partial charge on any atom is -0.304 e. The second kappa shape index (κ2) is 1.85. The maximum absolute atomic E-state index is 3.16. The predicted octanol–water partition coefficient (Wildman–Crippen LogP) is 1.30. The van der Waals surface area contributed by atoms with Crippen molar-refractivity contribution >= 4 is 0 Å². The molecule has 0 amide bonds. The van der Waals surface area contributed by atoms with Gasteiger partial charge in [-0.05, 0) is 11.1 Å². The van der Waals surface area contributed by atoms with E-state index in [4.69, 9.17) is 0 Å². The van der Waals surface area contributed by atoms with Crippen LogP contribution in [0.2, 0.25) is 0 Å². The fourth-order valence-electron chi connectivity index (χ4n) is 1.11. The van der Waals surface area contributed by atoms with E-state index in [2.05, 4.69) is 36.1 Å². The first-order valence-corrected chi connectivity index (χ1v) is 3.11. The molecule has 1 heterocycles. The number of rotatable bonds is 0. The average Bonchev–Trinajstić information content (AvgIpc) is 2.33. The molecule has 0 bridgehead atoms. The van der Waals surface area contributed by atoms with Crippen LogP contribution >= 0.6 is 0 Å². The smallest absolute Gasteiger partial charge is 0.0524 e. The lowest BCUT2D eigenvalue weighted by molar-refractivity contribution is 0.886. The van der Waals surface area contributed by atoms with Crippen molar-refractivity contribution in [3.05, 3.63) is 41.9 Å². The Hall–Kier alpha value is -0.820. The Morgan fingerprint density at radius 2 is 2.11 bits per heavy atom. The zero-order chi connectivity index (χ0) is 6.10. The molecule has 0 aliphatic carbocycles. The fraction of sp³-hybridized carbons (Fsp3) is 0.125. The first-order valence-electron chi connectivity index (χ1n) is 3.11. The molecular weight excluding hydrogens is 110 g/mol. The maximum Gasteiger partial charge on any atom is 0.0524 e. The number of nitrogens with one attached hydrogen (secondary N) is 1. The summed E-state index contributed by atoms with van der Waals surface area (Å²) < 4.78 is 0. The average molecular weight is 118 g/mol. The summed E-state index contributed by atoms with van der Waals surface area (Å²) in [5, 5.41) is 3.16. The van der Waals surface area contributed by atoms with Crippen molar-refractivity contribution in [3.8, 4) is 0 Å². The minimum atomic E-state index is 0.996. The quantitative estimate of drug-likeness (QED) is 0.541. The van der Waals surface area contributed by atoms with E-state index < -0.39 is 0 Å². The molecule has 1 N–H and O–H groups in total. The molecule has 1 nitrogen and oxygen atoms in total. The van der Waals surface area contributed by atoms with E-state index >= 15 is 0 Å². The summed E-state index contributed by atoms with van der Waals surface area (Å²) in [6, 6.07) is 8.39. The van der Waals surface area contributed by atoms with E-state index in [9.17, 15) is 0 Å². The first kappa shape index (κ1) is 5.00. The number of hydrogen-bond acceptors (Lipinski definition) is 1. The van der Waals surface area contributed by atoms with E-state index in [1.165, 1.54) is 11.1 Å². The molecule has 0 atom stereocenters. The molecule has 1 aliphatic heterocycles. The molecule has 0 fully saturated rings. The molecule has 0 spiro atoms. The third-order valence-electron chi connectivity index (χ3n) is 1.61. The van der Waals surface area contributed by atoms with Crippen molar-refractivity contribution in [1.29, 1.82) is 0 Å². The summed E-state index contributed by atoms with van der Waals surface area (Å²) in [6.07, 6.45) is 0. The standard InChI is InChI=1S/C8H8N/c1-2-4-8-6-9-5-7(8)3-1/h1-5,9H,6H2. The van der Waals surface area contributed by atoms with Gasteiger partial charge >= 0.3 is 0 Å². The molecule has 2 rings (SSSR count). The van der Waals surface area contributed by atoms with Crippen LogP contribution in [0.5, 0.6) is 0 Å². The van der Waals surface area contributed by atoms with Gasteiger partial charge in [-0.3, -0.25) is 0 Å². The van der Waals surface area contributed by atoms with Crippen molar-refractivity contribution in [3.63, 3.8) is 0 Å². The van der Waals surface area contributed by atoms with Gasteiger partial charge in [0.2, 0.25) is 0 Å². The molecule has 1 aliphatic rings. The molecular formula is C8H8N. The van der Waals surface area contributed by atoms with Crippen molar-refractivity contribution in [1.82, 2.24) is 5.32 Å².